The zero-order valence-corrected chi connectivity index (χ0v) is 11.7. The van der Waals surface area contributed by atoms with Crippen molar-refractivity contribution in [2.45, 2.75) is 71.0 Å². The second kappa shape index (κ2) is 3.99. The maximum atomic E-state index is 2.73. The summed E-state index contributed by atoms with van der Waals surface area (Å²) in [7, 11) is 0. The number of hydrogen-bond donors (Lipinski definition) is 0. The molecular weight excluding hydrogens is 196 g/mol. The number of piperidine rings is 1. The highest BCUT2D eigenvalue weighted by Gasteiger charge is 2.48. The van der Waals surface area contributed by atoms with Crippen LogP contribution in [0.15, 0.2) is 0 Å². The van der Waals surface area contributed by atoms with Crippen molar-refractivity contribution in [3.05, 3.63) is 0 Å². The maximum absolute atomic E-state index is 2.73. The topological polar surface area (TPSA) is 6.48 Å². The summed E-state index contributed by atoms with van der Waals surface area (Å²) in [6, 6.07) is 0.731. The van der Waals surface area contributed by atoms with Gasteiger partial charge in [0.25, 0.3) is 0 Å². The van der Waals surface area contributed by atoms with E-state index in [0.717, 1.165) is 6.04 Å². The quantitative estimate of drug-likeness (QED) is 0.676. The Kier molecular flexibility index (Phi) is 3.09. The minimum absolute atomic E-state index is 0.355. The summed E-state index contributed by atoms with van der Waals surface area (Å²) in [6.45, 7) is 15.6. The van der Waals surface area contributed by atoms with Gasteiger partial charge in [0.1, 0.15) is 0 Å². The van der Waals surface area contributed by atoms with Gasteiger partial charge in [-0.1, -0.05) is 0 Å². The minimum atomic E-state index is 0.355. The Morgan fingerprint density at radius 3 is 1.75 bits per heavy atom. The van der Waals surface area contributed by atoms with Crippen molar-refractivity contribution in [3.8, 4) is 0 Å². The SMILES string of the molecule is CC(C)N1CCC12CCN(C(C)(C)C)CC2. The molecule has 16 heavy (non-hydrogen) atoms. The van der Waals surface area contributed by atoms with Crippen molar-refractivity contribution < 1.29 is 0 Å². The van der Waals surface area contributed by atoms with Crippen LogP contribution in [0.5, 0.6) is 0 Å². The van der Waals surface area contributed by atoms with Gasteiger partial charge in [0.05, 0.1) is 0 Å². The highest BCUT2D eigenvalue weighted by molar-refractivity contribution is 5.04. The third-order valence-electron chi connectivity index (χ3n) is 4.69. The molecular formula is C14H28N2. The molecule has 0 saturated carbocycles. The lowest BCUT2D eigenvalue weighted by Crippen LogP contribution is -2.67. The number of rotatable bonds is 1. The van der Waals surface area contributed by atoms with Gasteiger partial charge in [-0.15, -0.1) is 0 Å². The first-order chi connectivity index (χ1) is 7.35. The summed E-state index contributed by atoms with van der Waals surface area (Å²) in [4.78, 5) is 5.38. The fourth-order valence-electron chi connectivity index (χ4n) is 3.49. The van der Waals surface area contributed by atoms with Crippen LogP contribution in [0, 0.1) is 0 Å². The lowest BCUT2D eigenvalue weighted by atomic mass is 9.74. The first-order valence-corrected chi connectivity index (χ1v) is 6.87. The van der Waals surface area contributed by atoms with E-state index >= 15 is 0 Å². The monoisotopic (exact) mass is 224 g/mol. The van der Waals surface area contributed by atoms with Crippen LogP contribution in [0.2, 0.25) is 0 Å². The zero-order valence-electron chi connectivity index (χ0n) is 11.7. The van der Waals surface area contributed by atoms with Crippen LogP contribution in [0.4, 0.5) is 0 Å². The Balaban J connectivity index is 1.95. The fraction of sp³-hybridized carbons (Fsp3) is 1.00. The molecule has 0 bridgehead atoms. The number of hydrogen-bond acceptors (Lipinski definition) is 2. The van der Waals surface area contributed by atoms with Crippen LogP contribution in [-0.4, -0.2) is 46.6 Å². The molecule has 2 aliphatic rings. The molecule has 0 aliphatic carbocycles. The van der Waals surface area contributed by atoms with Crippen molar-refractivity contribution in [1.82, 2.24) is 9.80 Å². The smallest absolute Gasteiger partial charge is 0.0248 e. The van der Waals surface area contributed by atoms with Gasteiger partial charge in [0.15, 0.2) is 0 Å². The normalized spacial score (nSPS) is 27.4. The van der Waals surface area contributed by atoms with Crippen molar-refractivity contribution in [1.29, 1.82) is 0 Å². The van der Waals surface area contributed by atoms with Gasteiger partial charge in [0.2, 0.25) is 0 Å². The maximum Gasteiger partial charge on any atom is 0.0248 e. The summed E-state index contributed by atoms with van der Waals surface area (Å²) in [5.41, 5.74) is 0.934. The summed E-state index contributed by atoms with van der Waals surface area (Å²) in [5, 5.41) is 0. The van der Waals surface area contributed by atoms with Crippen molar-refractivity contribution in [3.63, 3.8) is 0 Å². The molecule has 0 atom stereocenters. The van der Waals surface area contributed by atoms with Gasteiger partial charge in [-0.25, -0.2) is 0 Å². The molecule has 0 N–H and O–H groups in total. The highest BCUT2D eigenvalue weighted by Crippen LogP contribution is 2.42. The fourth-order valence-corrected chi connectivity index (χ4v) is 3.49. The Hall–Kier alpha value is -0.0800. The van der Waals surface area contributed by atoms with E-state index in [0.29, 0.717) is 11.1 Å². The standard InChI is InChI=1S/C14H28N2/c1-12(2)16-11-8-14(16)6-9-15(10-7-14)13(3,4)5/h12H,6-11H2,1-5H3. The van der Waals surface area contributed by atoms with Gasteiger partial charge >= 0.3 is 0 Å². The lowest BCUT2D eigenvalue weighted by Gasteiger charge is -2.59. The molecule has 2 fully saturated rings. The van der Waals surface area contributed by atoms with Crippen molar-refractivity contribution in [2.75, 3.05) is 19.6 Å². The molecule has 0 aromatic carbocycles. The molecule has 2 heterocycles. The predicted molar refractivity (Wildman–Crippen MR) is 69.8 cm³/mol. The Labute approximate surface area is 101 Å². The number of likely N-dealkylation sites (tertiary alicyclic amines) is 2. The second-order valence-electron chi connectivity index (χ2n) is 6.92. The zero-order chi connectivity index (χ0) is 12.0. The van der Waals surface area contributed by atoms with Crippen LogP contribution >= 0.6 is 0 Å². The van der Waals surface area contributed by atoms with E-state index in [1.165, 1.54) is 38.9 Å². The van der Waals surface area contributed by atoms with Crippen LogP contribution in [0.3, 0.4) is 0 Å². The molecule has 2 nitrogen and oxygen atoms in total. The molecule has 94 valence electrons. The van der Waals surface area contributed by atoms with Crippen LogP contribution in [0.25, 0.3) is 0 Å². The van der Waals surface area contributed by atoms with Crippen LogP contribution in [-0.2, 0) is 0 Å². The third-order valence-corrected chi connectivity index (χ3v) is 4.69. The number of nitrogens with zero attached hydrogens (tertiary/aromatic N) is 2. The molecule has 2 saturated heterocycles. The van der Waals surface area contributed by atoms with E-state index in [-0.39, 0.29) is 0 Å². The molecule has 0 unspecified atom stereocenters. The van der Waals surface area contributed by atoms with Crippen molar-refractivity contribution in [2.24, 2.45) is 0 Å². The van der Waals surface area contributed by atoms with Crippen LogP contribution in [0.1, 0.15) is 53.9 Å². The molecule has 0 aromatic rings. The van der Waals surface area contributed by atoms with Gasteiger partial charge in [-0.05, 0) is 53.9 Å². The second-order valence-corrected chi connectivity index (χ2v) is 6.92. The molecule has 0 radical (unpaired) electrons. The van der Waals surface area contributed by atoms with Crippen molar-refractivity contribution >= 4 is 0 Å². The van der Waals surface area contributed by atoms with Gasteiger partial charge in [0, 0.05) is 36.8 Å². The third kappa shape index (κ3) is 2.02. The van der Waals surface area contributed by atoms with E-state index in [1.54, 1.807) is 0 Å². The first-order valence-electron chi connectivity index (χ1n) is 6.87. The summed E-state index contributed by atoms with van der Waals surface area (Å²) < 4.78 is 0. The first kappa shape index (κ1) is 12.4. The van der Waals surface area contributed by atoms with Gasteiger partial charge in [-0.2, -0.15) is 0 Å². The highest BCUT2D eigenvalue weighted by atomic mass is 15.3. The lowest BCUT2D eigenvalue weighted by molar-refractivity contribution is -0.0890. The van der Waals surface area contributed by atoms with E-state index < -0.39 is 0 Å². The molecule has 1 spiro atoms. The molecule has 0 amide bonds. The Bertz CT molecular complexity index is 244. The molecule has 2 rings (SSSR count). The van der Waals surface area contributed by atoms with E-state index in [4.69, 9.17) is 0 Å². The minimum Gasteiger partial charge on any atom is -0.298 e. The van der Waals surface area contributed by atoms with Crippen LogP contribution < -0.4 is 0 Å². The van der Waals surface area contributed by atoms with Gasteiger partial charge in [-0.3, -0.25) is 9.80 Å². The Morgan fingerprint density at radius 1 is 0.938 bits per heavy atom. The van der Waals surface area contributed by atoms with E-state index in [1.807, 2.05) is 0 Å². The van der Waals surface area contributed by atoms with E-state index in [9.17, 15) is 0 Å². The van der Waals surface area contributed by atoms with Gasteiger partial charge < -0.3 is 0 Å². The summed E-state index contributed by atoms with van der Waals surface area (Å²) >= 11 is 0. The van der Waals surface area contributed by atoms with E-state index in [2.05, 4.69) is 44.4 Å². The molecule has 0 aromatic heterocycles. The average molecular weight is 224 g/mol. The molecule has 2 heteroatoms. The largest absolute Gasteiger partial charge is 0.298 e. The summed E-state index contributed by atoms with van der Waals surface area (Å²) in [6.07, 6.45) is 4.19. The summed E-state index contributed by atoms with van der Waals surface area (Å²) in [5.74, 6) is 0. The predicted octanol–water partition coefficient (Wildman–Crippen LogP) is 2.73. The Morgan fingerprint density at radius 2 is 1.44 bits per heavy atom. The molecule has 2 aliphatic heterocycles. The average Bonchev–Trinajstić information content (AvgIpc) is 2.14.